The maximum Gasteiger partial charge on any atom is 0.268 e. The van der Waals surface area contributed by atoms with E-state index in [0.717, 1.165) is 64.2 Å². The van der Waals surface area contributed by atoms with E-state index in [4.69, 9.17) is 9.05 Å². The monoisotopic (exact) mass is 711 g/mol. The zero-order valence-electron chi connectivity index (χ0n) is 32.1. The van der Waals surface area contributed by atoms with Crippen molar-refractivity contribution in [3.63, 3.8) is 0 Å². The second kappa shape index (κ2) is 32.4. The first-order valence-corrected chi connectivity index (χ1v) is 20.9. The van der Waals surface area contributed by atoms with Gasteiger partial charge >= 0.3 is 0 Å². The first kappa shape index (κ1) is 47.5. The number of carbonyl (C=O) groups excluding carboxylic acids is 1. The Kier molecular flexibility index (Phi) is 31.4. The summed E-state index contributed by atoms with van der Waals surface area (Å²) in [4.78, 5) is 25.1. The minimum absolute atomic E-state index is 0.0122. The Labute approximate surface area is 301 Å². The topological polar surface area (TPSA) is 108 Å². The summed E-state index contributed by atoms with van der Waals surface area (Å²) in [6.45, 7) is 4.35. The molecule has 3 unspecified atom stereocenters. The molecule has 0 aliphatic heterocycles. The summed E-state index contributed by atoms with van der Waals surface area (Å²) in [5.74, 6) is -0.226. The molecule has 49 heavy (non-hydrogen) atoms. The molecule has 0 aromatic rings. The Bertz CT molecular complexity index is 944. The molecule has 3 atom stereocenters. The van der Waals surface area contributed by atoms with Gasteiger partial charge in [0.15, 0.2) is 0 Å². The number of nitrogens with one attached hydrogen (secondary N) is 1. The molecule has 286 valence electrons. The second-order valence-electron chi connectivity index (χ2n) is 14.3. The van der Waals surface area contributed by atoms with Crippen LogP contribution in [0.2, 0.25) is 0 Å². The molecule has 8 nitrogen and oxygen atoms in total. The highest BCUT2D eigenvalue weighted by atomic mass is 31.2. The molecule has 0 aromatic carbocycles. The van der Waals surface area contributed by atoms with Gasteiger partial charge in [-0.15, -0.1) is 0 Å². The highest BCUT2D eigenvalue weighted by Gasteiger charge is 2.23. The van der Waals surface area contributed by atoms with E-state index in [0.29, 0.717) is 17.4 Å². The molecule has 1 amide bonds. The summed E-state index contributed by atoms with van der Waals surface area (Å²) in [5, 5.41) is 13.6. The number of allylic oxidation sites excluding steroid dienone is 7. The fourth-order valence-electron chi connectivity index (χ4n) is 5.18. The Balaban J connectivity index is 4.44. The number of hydrogen-bond donors (Lipinski definition) is 2. The van der Waals surface area contributed by atoms with Gasteiger partial charge in [0.25, 0.3) is 7.82 Å². The van der Waals surface area contributed by atoms with E-state index in [1.54, 1.807) is 6.08 Å². The molecule has 0 saturated heterocycles. The molecule has 0 rings (SSSR count). The van der Waals surface area contributed by atoms with Crippen molar-refractivity contribution in [2.75, 3.05) is 40.9 Å². The Morgan fingerprint density at radius 2 is 1.22 bits per heavy atom. The molecular formula is C40H75N2O6P. The van der Waals surface area contributed by atoms with Crippen LogP contribution in [0.1, 0.15) is 149 Å². The largest absolute Gasteiger partial charge is 0.756 e. The number of likely N-dealkylation sites (N-methyl/N-ethyl adjacent to an activating group) is 1. The Morgan fingerprint density at radius 1 is 0.735 bits per heavy atom. The number of hydrogen-bond acceptors (Lipinski definition) is 6. The Hall–Kier alpha value is -1.54. The molecular weight excluding hydrogens is 635 g/mol. The standard InChI is InChI=1S/C40H75N2O6P/c1-6-8-10-12-14-16-17-18-19-20-21-22-23-24-26-28-30-32-34-40(44)41-38(37-48-49(45,46)47-36-35-42(3,4)5)39(43)33-31-29-27-25-15-13-11-9-7-2/h7,9,15,21-22,25,31,33,38-39,43H,6,8,10-14,16-20,23-24,26-30,32,34-37H2,1-5H3,(H-,41,44,45,46)/b9-7+,22-21-,25-15+,33-31+. The van der Waals surface area contributed by atoms with Crippen LogP contribution in [0.15, 0.2) is 48.6 Å². The van der Waals surface area contributed by atoms with E-state index in [1.807, 2.05) is 40.2 Å². The highest BCUT2D eigenvalue weighted by Crippen LogP contribution is 2.38. The van der Waals surface area contributed by atoms with Crippen LogP contribution in [-0.4, -0.2) is 68.5 Å². The maximum absolute atomic E-state index is 12.8. The third-order valence-electron chi connectivity index (χ3n) is 8.33. The van der Waals surface area contributed by atoms with Crippen molar-refractivity contribution in [2.45, 2.75) is 161 Å². The van der Waals surface area contributed by atoms with E-state index in [-0.39, 0.29) is 12.5 Å². The van der Waals surface area contributed by atoms with Crippen LogP contribution in [0.25, 0.3) is 0 Å². The van der Waals surface area contributed by atoms with Crippen LogP contribution in [0.5, 0.6) is 0 Å². The number of unbranched alkanes of at least 4 members (excludes halogenated alkanes) is 16. The molecule has 0 fully saturated rings. The molecule has 0 bridgehead atoms. The molecule has 0 aliphatic carbocycles. The van der Waals surface area contributed by atoms with Gasteiger partial charge < -0.3 is 28.8 Å². The van der Waals surface area contributed by atoms with Crippen LogP contribution in [0, 0.1) is 0 Å². The molecule has 0 aromatic heterocycles. The van der Waals surface area contributed by atoms with Crippen molar-refractivity contribution in [1.29, 1.82) is 0 Å². The van der Waals surface area contributed by atoms with Crippen molar-refractivity contribution < 1.29 is 32.9 Å². The number of carbonyl (C=O) groups is 1. The van der Waals surface area contributed by atoms with E-state index in [9.17, 15) is 19.4 Å². The fourth-order valence-corrected chi connectivity index (χ4v) is 5.91. The van der Waals surface area contributed by atoms with Gasteiger partial charge in [0, 0.05) is 6.42 Å². The third kappa shape index (κ3) is 34.7. The lowest BCUT2D eigenvalue weighted by Gasteiger charge is -2.29. The summed E-state index contributed by atoms with van der Waals surface area (Å²) >= 11 is 0. The number of aliphatic hydroxyl groups is 1. The number of rotatable bonds is 34. The van der Waals surface area contributed by atoms with Gasteiger partial charge in [-0.1, -0.05) is 126 Å². The first-order valence-electron chi connectivity index (χ1n) is 19.5. The summed E-state index contributed by atoms with van der Waals surface area (Å²) in [5.41, 5.74) is 0. The van der Waals surface area contributed by atoms with Crippen molar-refractivity contribution in [1.82, 2.24) is 5.32 Å². The number of phosphoric ester groups is 1. The molecule has 0 aliphatic rings. The normalized spacial score (nSPS) is 15.2. The predicted molar refractivity (Wildman–Crippen MR) is 205 cm³/mol. The van der Waals surface area contributed by atoms with Crippen molar-refractivity contribution in [3.8, 4) is 0 Å². The van der Waals surface area contributed by atoms with Gasteiger partial charge in [-0.2, -0.15) is 0 Å². The quantitative estimate of drug-likeness (QED) is 0.0298. The zero-order valence-corrected chi connectivity index (χ0v) is 33.0. The van der Waals surface area contributed by atoms with E-state index in [1.165, 1.54) is 64.2 Å². The molecule has 9 heteroatoms. The zero-order chi connectivity index (χ0) is 36.5. The van der Waals surface area contributed by atoms with Gasteiger partial charge in [0.1, 0.15) is 13.2 Å². The minimum Gasteiger partial charge on any atom is -0.756 e. The molecule has 0 saturated carbocycles. The Morgan fingerprint density at radius 3 is 1.78 bits per heavy atom. The van der Waals surface area contributed by atoms with Crippen LogP contribution in [-0.2, 0) is 18.4 Å². The van der Waals surface area contributed by atoms with Crippen molar-refractivity contribution in [3.05, 3.63) is 48.6 Å². The SMILES string of the molecule is C/C=C/CC/C=C/CC/C=C/C(O)C(COP(=O)([O-])OCC[N+](C)(C)C)NC(=O)CCCCCCC/C=C\CCCCCCCCCCC. The lowest BCUT2D eigenvalue weighted by molar-refractivity contribution is -0.870. The van der Waals surface area contributed by atoms with Crippen molar-refractivity contribution in [2.24, 2.45) is 0 Å². The van der Waals surface area contributed by atoms with Crippen LogP contribution < -0.4 is 10.2 Å². The summed E-state index contributed by atoms with van der Waals surface area (Å²) in [7, 11) is 1.22. The van der Waals surface area contributed by atoms with Crippen molar-refractivity contribution >= 4 is 13.7 Å². The van der Waals surface area contributed by atoms with Crippen LogP contribution in [0.3, 0.4) is 0 Å². The number of phosphoric acid groups is 1. The maximum atomic E-state index is 12.8. The number of nitrogens with zero attached hydrogens (tertiary/aromatic N) is 1. The lowest BCUT2D eigenvalue weighted by atomic mass is 10.1. The lowest BCUT2D eigenvalue weighted by Crippen LogP contribution is -2.45. The average molecular weight is 711 g/mol. The third-order valence-corrected chi connectivity index (χ3v) is 9.30. The number of aliphatic hydroxyl groups excluding tert-OH is 1. The first-order chi connectivity index (χ1) is 23.5. The summed E-state index contributed by atoms with van der Waals surface area (Å²) in [6, 6.07) is -0.910. The fraction of sp³-hybridized carbons (Fsp3) is 0.775. The van der Waals surface area contributed by atoms with Gasteiger partial charge in [-0.3, -0.25) is 9.36 Å². The molecule has 0 radical (unpaired) electrons. The van der Waals surface area contributed by atoms with Crippen LogP contribution >= 0.6 is 7.82 Å². The highest BCUT2D eigenvalue weighted by molar-refractivity contribution is 7.45. The van der Waals surface area contributed by atoms with E-state index < -0.39 is 26.6 Å². The van der Waals surface area contributed by atoms with Gasteiger partial charge in [0.05, 0.1) is 39.9 Å². The second-order valence-corrected chi connectivity index (χ2v) is 15.7. The summed E-state index contributed by atoms with van der Waals surface area (Å²) in [6.07, 6.45) is 39.0. The van der Waals surface area contributed by atoms with Gasteiger partial charge in [-0.05, 0) is 64.7 Å². The van der Waals surface area contributed by atoms with Crippen LogP contribution in [0.4, 0.5) is 0 Å². The molecule has 0 spiro atoms. The molecule has 2 N–H and O–H groups in total. The smallest absolute Gasteiger partial charge is 0.268 e. The predicted octanol–water partition coefficient (Wildman–Crippen LogP) is 9.50. The summed E-state index contributed by atoms with van der Waals surface area (Å²) < 4.78 is 23.0. The van der Waals surface area contributed by atoms with Gasteiger partial charge in [-0.25, -0.2) is 0 Å². The number of amides is 1. The number of quaternary nitrogens is 1. The van der Waals surface area contributed by atoms with Gasteiger partial charge in [0.2, 0.25) is 5.91 Å². The van der Waals surface area contributed by atoms with E-state index >= 15 is 0 Å². The average Bonchev–Trinajstić information content (AvgIpc) is 3.04. The minimum atomic E-state index is -4.59. The van der Waals surface area contributed by atoms with E-state index in [2.05, 4.69) is 42.6 Å². The molecule has 0 heterocycles.